The van der Waals surface area contributed by atoms with Gasteiger partial charge < -0.3 is 25.2 Å². The lowest BCUT2D eigenvalue weighted by Gasteiger charge is -2.19. The third kappa shape index (κ3) is 4.70. The monoisotopic (exact) mass is 266 g/mol. The van der Waals surface area contributed by atoms with Gasteiger partial charge in [-0.2, -0.15) is 0 Å². The number of hydrogen-bond acceptors (Lipinski definition) is 5. The molecule has 0 radical (unpaired) electrons. The Hall–Kier alpha value is -1.30. The Kier molecular flexibility index (Phi) is 5.44. The number of aliphatic hydroxyl groups is 1. The lowest BCUT2D eigenvalue weighted by molar-refractivity contribution is 0.171. The van der Waals surface area contributed by atoms with Gasteiger partial charge in [-0.1, -0.05) is 6.07 Å². The molecule has 0 aromatic heterocycles. The summed E-state index contributed by atoms with van der Waals surface area (Å²) in [5.74, 6) is 1.66. The van der Waals surface area contributed by atoms with Crippen molar-refractivity contribution in [1.29, 1.82) is 0 Å². The van der Waals surface area contributed by atoms with Crippen molar-refractivity contribution >= 4 is 0 Å². The topological polar surface area (TPSA) is 62.8 Å². The van der Waals surface area contributed by atoms with Crippen molar-refractivity contribution in [2.75, 3.05) is 32.8 Å². The predicted molar refractivity (Wildman–Crippen MR) is 73.7 cm³/mol. The fraction of sp³-hybridized carbons (Fsp3) is 0.571. The lowest BCUT2D eigenvalue weighted by Crippen LogP contribution is -2.31. The molecule has 0 saturated heterocycles. The SMILES string of the molecule is CC(O)CNCCNCc1ccc2c(c1)OCCO2. The van der Waals surface area contributed by atoms with Crippen molar-refractivity contribution in [1.82, 2.24) is 10.6 Å². The van der Waals surface area contributed by atoms with Gasteiger partial charge in [-0.05, 0) is 24.6 Å². The highest BCUT2D eigenvalue weighted by molar-refractivity contribution is 5.43. The number of benzene rings is 1. The second-order valence-electron chi connectivity index (χ2n) is 4.71. The van der Waals surface area contributed by atoms with Crippen LogP contribution in [0.25, 0.3) is 0 Å². The van der Waals surface area contributed by atoms with Crippen LogP contribution in [0.3, 0.4) is 0 Å². The molecule has 0 spiro atoms. The maximum Gasteiger partial charge on any atom is 0.161 e. The van der Waals surface area contributed by atoms with Crippen LogP contribution in [0.4, 0.5) is 0 Å². The van der Waals surface area contributed by atoms with E-state index in [9.17, 15) is 0 Å². The summed E-state index contributed by atoms with van der Waals surface area (Å²) >= 11 is 0. The van der Waals surface area contributed by atoms with E-state index in [0.717, 1.165) is 31.1 Å². The van der Waals surface area contributed by atoms with Crippen molar-refractivity contribution in [2.24, 2.45) is 0 Å². The van der Waals surface area contributed by atoms with E-state index in [1.54, 1.807) is 6.92 Å². The third-order valence-corrected chi connectivity index (χ3v) is 2.85. The van der Waals surface area contributed by atoms with Crippen LogP contribution in [-0.4, -0.2) is 44.1 Å². The van der Waals surface area contributed by atoms with Crippen molar-refractivity contribution in [3.63, 3.8) is 0 Å². The predicted octanol–water partition coefficient (Wildman–Crippen LogP) is 0.518. The zero-order chi connectivity index (χ0) is 13.5. The molecule has 19 heavy (non-hydrogen) atoms. The molecule has 0 bridgehead atoms. The highest BCUT2D eigenvalue weighted by Crippen LogP contribution is 2.30. The van der Waals surface area contributed by atoms with Gasteiger partial charge in [0, 0.05) is 26.2 Å². The molecule has 1 aliphatic rings. The Morgan fingerprint density at radius 2 is 1.89 bits per heavy atom. The molecule has 106 valence electrons. The summed E-state index contributed by atoms with van der Waals surface area (Å²) in [6, 6.07) is 6.02. The van der Waals surface area contributed by atoms with Gasteiger partial charge in [0.05, 0.1) is 6.10 Å². The van der Waals surface area contributed by atoms with Gasteiger partial charge in [0.1, 0.15) is 13.2 Å². The maximum absolute atomic E-state index is 9.09. The molecule has 1 unspecified atom stereocenters. The zero-order valence-electron chi connectivity index (χ0n) is 11.3. The van der Waals surface area contributed by atoms with Crippen LogP contribution in [0, 0.1) is 0 Å². The fourth-order valence-electron chi connectivity index (χ4n) is 1.92. The summed E-state index contributed by atoms with van der Waals surface area (Å²) in [5.41, 5.74) is 1.18. The van der Waals surface area contributed by atoms with Crippen molar-refractivity contribution < 1.29 is 14.6 Å². The van der Waals surface area contributed by atoms with E-state index in [1.165, 1.54) is 5.56 Å². The lowest BCUT2D eigenvalue weighted by atomic mass is 10.2. The first-order valence-electron chi connectivity index (χ1n) is 6.74. The molecule has 5 heteroatoms. The molecule has 3 N–H and O–H groups in total. The fourth-order valence-corrected chi connectivity index (χ4v) is 1.92. The summed E-state index contributed by atoms with van der Waals surface area (Å²) in [5, 5.41) is 15.6. The molecule has 1 aromatic carbocycles. The first-order chi connectivity index (χ1) is 9.25. The summed E-state index contributed by atoms with van der Waals surface area (Å²) in [6.07, 6.45) is -0.294. The third-order valence-electron chi connectivity index (χ3n) is 2.85. The Bertz CT molecular complexity index is 396. The molecule has 1 atom stereocenters. The van der Waals surface area contributed by atoms with Gasteiger partial charge in [-0.25, -0.2) is 0 Å². The summed E-state index contributed by atoms with van der Waals surface area (Å²) in [4.78, 5) is 0. The van der Waals surface area contributed by atoms with Crippen LogP contribution in [-0.2, 0) is 6.54 Å². The minimum Gasteiger partial charge on any atom is -0.486 e. The van der Waals surface area contributed by atoms with E-state index < -0.39 is 0 Å². The Morgan fingerprint density at radius 3 is 2.68 bits per heavy atom. The average Bonchev–Trinajstić information content (AvgIpc) is 2.42. The molecule has 0 aliphatic carbocycles. The highest BCUT2D eigenvalue weighted by atomic mass is 16.6. The van der Waals surface area contributed by atoms with E-state index in [2.05, 4.69) is 10.6 Å². The molecule has 5 nitrogen and oxygen atoms in total. The van der Waals surface area contributed by atoms with Crippen LogP contribution in [0.15, 0.2) is 18.2 Å². The van der Waals surface area contributed by atoms with Gasteiger partial charge in [-0.15, -0.1) is 0 Å². The van der Waals surface area contributed by atoms with E-state index in [4.69, 9.17) is 14.6 Å². The van der Waals surface area contributed by atoms with Gasteiger partial charge in [0.15, 0.2) is 11.5 Å². The van der Waals surface area contributed by atoms with Crippen LogP contribution >= 0.6 is 0 Å². The second-order valence-corrected chi connectivity index (χ2v) is 4.71. The van der Waals surface area contributed by atoms with Crippen LogP contribution in [0.1, 0.15) is 12.5 Å². The number of ether oxygens (including phenoxy) is 2. The van der Waals surface area contributed by atoms with Crippen LogP contribution in [0.5, 0.6) is 11.5 Å². The number of nitrogens with one attached hydrogen (secondary N) is 2. The normalized spacial score (nSPS) is 15.3. The van der Waals surface area contributed by atoms with Crippen molar-refractivity contribution in [3.8, 4) is 11.5 Å². The molecule has 0 amide bonds. The number of aliphatic hydroxyl groups excluding tert-OH is 1. The van der Waals surface area contributed by atoms with E-state index in [-0.39, 0.29) is 6.10 Å². The Labute approximate surface area is 113 Å². The van der Waals surface area contributed by atoms with Crippen molar-refractivity contribution in [3.05, 3.63) is 23.8 Å². The molecule has 0 saturated carbocycles. The minimum atomic E-state index is -0.294. The molecule has 2 rings (SSSR count). The molecule has 0 fully saturated rings. The van der Waals surface area contributed by atoms with E-state index >= 15 is 0 Å². The number of fused-ring (bicyclic) bond motifs is 1. The van der Waals surface area contributed by atoms with E-state index in [0.29, 0.717) is 19.8 Å². The van der Waals surface area contributed by atoms with Crippen LogP contribution in [0.2, 0.25) is 0 Å². The second kappa shape index (κ2) is 7.33. The highest BCUT2D eigenvalue weighted by Gasteiger charge is 2.11. The van der Waals surface area contributed by atoms with Gasteiger partial charge in [0.2, 0.25) is 0 Å². The molecular formula is C14H22N2O3. The summed E-state index contributed by atoms with van der Waals surface area (Å²) < 4.78 is 11.0. The zero-order valence-corrected chi connectivity index (χ0v) is 11.3. The molecule has 1 aromatic rings. The van der Waals surface area contributed by atoms with Gasteiger partial charge in [0.25, 0.3) is 0 Å². The average molecular weight is 266 g/mol. The first-order valence-corrected chi connectivity index (χ1v) is 6.74. The summed E-state index contributed by atoms with van der Waals surface area (Å²) in [6.45, 7) is 6.15. The number of rotatable bonds is 7. The smallest absolute Gasteiger partial charge is 0.161 e. The molecule has 1 heterocycles. The summed E-state index contributed by atoms with van der Waals surface area (Å²) in [7, 11) is 0. The Balaban J connectivity index is 1.68. The van der Waals surface area contributed by atoms with E-state index in [1.807, 2.05) is 18.2 Å². The minimum absolute atomic E-state index is 0.294. The largest absolute Gasteiger partial charge is 0.486 e. The van der Waals surface area contributed by atoms with Gasteiger partial charge >= 0.3 is 0 Å². The quantitative estimate of drug-likeness (QED) is 0.628. The maximum atomic E-state index is 9.09. The van der Waals surface area contributed by atoms with Gasteiger partial charge in [-0.3, -0.25) is 0 Å². The Morgan fingerprint density at radius 1 is 1.16 bits per heavy atom. The molecular weight excluding hydrogens is 244 g/mol. The number of hydrogen-bond donors (Lipinski definition) is 3. The molecule has 1 aliphatic heterocycles. The standard InChI is InChI=1S/C14H22N2O3/c1-11(17)9-15-4-5-16-10-12-2-3-13-14(8-12)19-7-6-18-13/h2-3,8,11,15-17H,4-7,9-10H2,1H3. The van der Waals surface area contributed by atoms with Crippen molar-refractivity contribution in [2.45, 2.75) is 19.6 Å². The van der Waals surface area contributed by atoms with Crippen LogP contribution < -0.4 is 20.1 Å². The first kappa shape index (κ1) is 14.1.